The number of fused-ring (bicyclic) bond motifs is 1. The van der Waals surface area contributed by atoms with Gasteiger partial charge in [0.05, 0.1) is 25.8 Å². The van der Waals surface area contributed by atoms with E-state index in [1.54, 1.807) is 39.0 Å². The molecule has 12 nitrogen and oxygen atoms in total. The zero-order valence-electron chi connectivity index (χ0n) is 25.5. The van der Waals surface area contributed by atoms with Crippen LogP contribution in [0.25, 0.3) is 10.9 Å². The minimum absolute atomic E-state index is 0.0520. The van der Waals surface area contributed by atoms with Crippen LogP contribution in [0.1, 0.15) is 49.7 Å². The van der Waals surface area contributed by atoms with Gasteiger partial charge in [0.1, 0.15) is 23.2 Å². The van der Waals surface area contributed by atoms with E-state index >= 15 is 0 Å². The molecule has 4 amide bonds. The minimum atomic E-state index is -1.28. The monoisotopic (exact) mass is 605 g/mol. The van der Waals surface area contributed by atoms with E-state index in [1.807, 2.05) is 30.3 Å². The Morgan fingerprint density at radius 3 is 2.32 bits per heavy atom. The van der Waals surface area contributed by atoms with Crippen LogP contribution in [0.2, 0.25) is 0 Å². The average molecular weight is 606 g/mol. The second-order valence-corrected chi connectivity index (χ2v) is 11.8. The molecule has 234 valence electrons. The Labute approximate surface area is 255 Å². The number of benzene rings is 2. The van der Waals surface area contributed by atoms with Gasteiger partial charge in [-0.15, -0.1) is 0 Å². The van der Waals surface area contributed by atoms with Crippen LogP contribution in [0.4, 0.5) is 0 Å². The van der Waals surface area contributed by atoms with Crippen molar-refractivity contribution in [2.24, 2.45) is 5.92 Å². The molecule has 12 heteroatoms. The number of aromatic amines is 1. The first-order valence-corrected chi connectivity index (χ1v) is 14.4. The second-order valence-electron chi connectivity index (χ2n) is 11.8. The number of ether oxygens (including phenoxy) is 2. The van der Waals surface area contributed by atoms with Gasteiger partial charge in [0.15, 0.2) is 0 Å². The summed E-state index contributed by atoms with van der Waals surface area (Å²) in [5, 5.41) is 11.4. The highest BCUT2D eigenvalue weighted by Gasteiger charge is 2.36. The highest BCUT2D eigenvalue weighted by atomic mass is 16.5. The van der Waals surface area contributed by atoms with Crippen LogP contribution in [-0.2, 0) is 25.6 Å². The van der Waals surface area contributed by atoms with Crippen LogP contribution in [0.15, 0.2) is 48.5 Å². The molecule has 5 N–H and O–H groups in total. The van der Waals surface area contributed by atoms with E-state index in [-0.39, 0.29) is 24.4 Å². The van der Waals surface area contributed by atoms with Gasteiger partial charge in [-0.1, -0.05) is 30.3 Å². The van der Waals surface area contributed by atoms with Crippen molar-refractivity contribution in [3.05, 3.63) is 59.8 Å². The number of carbonyl (C=O) groups is 5. The number of carbonyl (C=O) groups excluding carboxylic acids is 5. The Morgan fingerprint density at radius 1 is 0.977 bits per heavy atom. The van der Waals surface area contributed by atoms with E-state index in [1.165, 1.54) is 14.2 Å². The lowest BCUT2D eigenvalue weighted by Crippen LogP contribution is -2.56. The molecule has 1 aromatic heterocycles. The Morgan fingerprint density at radius 2 is 1.70 bits per heavy atom. The molecule has 0 aliphatic carbocycles. The third-order valence-electron chi connectivity index (χ3n) is 7.31. The first kappa shape index (κ1) is 32.1. The molecule has 1 aliphatic heterocycles. The number of nitrogens with one attached hydrogen (secondary N) is 5. The van der Waals surface area contributed by atoms with Gasteiger partial charge >= 0.3 is 0 Å². The first-order chi connectivity index (χ1) is 20.9. The number of amides is 4. The van der Waals surface area contributed by atoms with Crippen molar-refractivity contribution >= 4 is 40.3 Å². The van der Waals surface area contributed by atoms with Gasteiger partial charge in [-0.25, -0.2) is 0 Å². The Hall–Kier alpha value is -4.87. The molecule has 1 saturated heterocycles. The van der Waals surface area contributed by atoms with E-state index < -0.39 is 47.0 Å². The third kappa shape index (κ3) is 7.94. The van der Waals surface area contributed by atoms with Gasteiger partial charge in [-0.3, -0.25) is 24.0 Å². The number of H-pyrrole nitrogens is 1. The Bertz CT molecular complexity index is 1540. The zero-order valence-corrected chi connectivity index (χ0v) is 25.5. The van der Waals surface area contributed by atoms with Crippen molar-refractivity contribution in [1.29, 1.82) is 0 Å². The van der Waals surface area contributed by atoms with Gasteiger partial charge in [-0.2, -0.15) is 0 Å². The molecule has 2 aromatic carbocycles. The molecule has 0 radical (unpaired) electrons. The molecule has 0 spiro atoms. The predicted molar refractivity (Wildman–Crippen MR) is 163 cm³/mol. The van der Waals surface area contributed by atoms with Crippen LogP contribution in [0, 0.1) is 5.92 Å². The number of aromatic nitrogens is 1. The predicted octanol–water partition coefficient (Wildman–Crippen LogP) is 2.02. The van der Waals surface area contributed by atoms with Crippen LogP contribution in [0.3, 0.4) is 0 Å². The summed E-state index contributed by atoms with van der Waals surface area (Å²) >= 11 is 0. The summed E-state index contributed by atoms with van der Waals surface area (Å²) < 4.78 is 10.8. The van der Waals surface area contributed by atoms with Crippen molar-refractivity contribution in [2.75, 3.05) is 20.8 Å². The van der Waals surface area contributed by atoms with Gasteiger partial charge < -0.3 is 35.7 Å². The summed E-state index contributed by atoms with van der Waals surface area (Å²) in [6, 6.07) is 11.7. The normalized spacial score (nSPS) is 16.0. The summed E-state index contributed by atoms with van der Waals surface area (Å²) in [4.78, 5) is 68.8. The molecular weight excluding hydrogens is 566 g/mol. The summed E-state index contributed by atoms with van der Waals surface area (Å²) in [6.07, 6.45) is 0.524. The lowest BCUT2D eigenvalue weighted by Gasteiger charge is -2.26. The van der Waals surface area contributed by atoms with E-state index in [0.717, 1.165) is 5.56 Å². The van der Waals surface area contributed by atoms with Crippen LogP contribution in [-0.4, -0.2) is 72.8 Å². The number of methoxy groups -OCH3 is 2. The highest BCUT2D eigenvalue weighted by Crippen LogP contribution is 2.31. The van der Waals surface area contributed by atoms with E-state index in [0.29, 0.717) is 35.4 Å². The quantitative estimate of drug-likeness (QED) is 0.197. The lowest BCUT2D eigenvalue weighted by molar-refractivity contribution is -0.141. The van der Waals surface area contributed by atoms with Crippen molar-refractivity contribution in [3.63, 3.8) is 0 Å². The van der Waals surface area contributed by atoms with Gasteiger partial charge in [0.2, 0.25) is 17.6 Å². The molecule has 4 rings (SSSR count). The maximum absolute atomic E-state index is 13.8. The summed E-state index contributed by atoms with van der Waals surface area (Å²) in [6.45, 7) is 5.65. The van der Waals surface area contributed by atoms with Crippen molar-refractivity contribution in [1.82, 2.24) is 26.3 Å². The lowest BCUT2D eigenvalue weighted by atomic mass is 9.94. The van der Waals surface area contributed by atoms with Gasteiger partial charge in [0, 0.05) is 41.9 Å². The average Bonchev–Trinajstić information content (AvgIpc) is 3.60. The number of rotatable bonds is 12. The third-order valence-corrected chi connectivity index (χ3v) is 7.31. The molecular formula is C32H39N5O7. The smallest absolute Gasteiger partial charge is 0.290 e. The minimum Gasteiger partial charge on any atom is -0.497 e. The Kier molecular flexibility index (Phi) is 9.92. The number of Topliss-reactive ketones (excluding diaryl/α,β-unsaturated/α-hetero) is 1. The van der Waals surface area contributed by atoms with Crippen LogP contribution in [0.5, 0.6) is 11.5 Å². The maximum atomic E-state index is 13.8. The summed E-state index contributed by atoms with van der Waals surface area (Å²) in [5.41, 5.74) is 0.847. The molecule has 1 aliphatic rings. The molecule has 0 bridgehead atoms. The van der Waals surface area contributed by atoms with E-state index in [9.17, 15) is 24.0 Å². The molecule has 44 heavy (non-hydrogen) atoms. The van der Waals surface area contributed by atoms with Crippen molar-refractivity contribution in [3.8, 4) is 11.5 Å². The van der Waals surface area contributed by atoms with Crippen LogP contribution >= 0.6 is 0 Å². The first-order valence-electron chi connectivity index (χ1n) is 14.4. The fraction of sp³-hybridized carbons (Fsp3) is 0.406. The fourth-order valence-electron chi connectivity index (χ4n) is 5.10. The second kappa shape index (κ2) is 13.6. The molecule has 0 saturated carbocycles. The van der Waals surface area contributed by atoms with E-state index in [4.69, 9.17) is 9.47 Å². The van der Waals surface area contributed by atoms with Gasteiger partial charge in [0.25, 0.3) is 11.8 Å². The number of hydrogen-bond donors (Lipinski definition) is 5. The highest BCUT2D eigenvalue weighted by molar-refractivity contribution is 6.38. The number of ketones is 1. The molecule has 3 atom stereocenters. The Balaban J connectivity index is 1.61. The SMILES string of the molecule is COc1cc(OC)c2cc(C(=O)N[C@@H](Cc3ccccc3)C(=O)N[C@@H](C[C@@H]3CCNC3=O)C(=O)C(=O)NC(C)(C)C)[nH]c2c1. The summed E-state index contributed by atoms with van der Waals surface area (Å²) in [7, 11) is 3.03. The van der Waals surface area contributed by atoms with Crippen molar-refractivity contribution < 1.29 is 33.4 Å². The molecule has 3 aromatic rings. The zero-order chi connectivity index (χ0) is 32.0. The molecule has 0 unspecified atom stereocenters. The fourth-order valence-corrected chi connectivity index (χ4v) is 5.10. The van der Waals surface area contributed by atoms with Gasteiger partial charge in [-0.05, 0) is 45.2 Å². The standard InChI is InChI=1S/C32H39N5O7/c1-32(2,3)37-31(42)27(38)23(14-19-11-12-33-28(19)39)35-29(40)24(13-18-9-7-6-8-10-18)36-30(41)25-17-21-22(34-25)15-20(43-4)16-26(21)44-5/h6-10,15-17,19,23-24,34H,11-14H2,1-5H3,(H,33,39)(H,35,40)(H,36,41)(H,37,42)/t19-,23-,24-/m0/s1. The largest absolute Gasteiger partial charge is 0.497 e. The topological polar surface area (TPSA) is 168 Å². The summed E-state index contributed by atoms with van der Waals surface area (Å²) in [5.74, 6) is -2.73. The number of hydrogen-bond acceptors (Lipinski definition) is 7. The van der Waals surface area contributed by atoms with Crippen molar-refractivity contribution in [2.45, 2.75) is 57.7 Å². The van der Waals surface area contributed by atoms with E-state index in [2.05, 4.69) is 26.3 Å². The maximum Gasteiger partial charge on any atom is 0.290 e. The molecule has 2 heterocycles. The van der Waals surface area contributed by atoms with Crippen LogP contribution < -0.4 is 30.7 Å². The molecule has 1 fully saturated rings.